The lowest BCUT2D eigenvalue weighted by molar-refractivity contribution is 0.0785. The Hall–Kier alpha value is -2.93. The lowest BCUT2D eigenvalue weighted by atomic mass is 10.1. The molecule has 0 bridgehead atoms. The van der Waals surface area contributed by atoms with Gasteiger partial charge in [0.2, 0.25) is 0 Å². The number of aromatic amines is 1. The van der Waals surface area contributed by atoms with Gasteiger partial charge in [-0.15, -0.1) is 0 Å². The molecule has 7 heteroatoms. The van der Waals surface area contributed by atoms with Gasteiger partial charge in [0.25, 0.3) is 11.5 Å². The lowest BCUT2D eigenvalue weighted by Gasteiger charge is -2.24. The van der Waals surface area contributed by atoms with Crippen LogP contribution in [0.25, 0.3) is 10.9 Å². The number of anilines is 1. The van der Waals surface area contributed by atoms with E-state index in [2.05, 4.69) is 22.0 Å². The molecule has 1 aliphatic rings. The molecule has 1 N–H and O–H groups in total. The van der Waals surface area contributed by atoms with Gasteiger partial charge in [0.1, 0.15) is 0 Å². The minimum Gasteiger partial charge on any atom is -0.371 e. The number of aromatic nitrogens is 2. The van der Waals surface area contributed by atoms with E-state index in [9.17, 15) is 9.59 Å². The van der Waals surface area contributed by atoms with Gasteiger partial charge >= 0.3 is 0 Å². The van der Waals surface area contributed by atoms with Crippen molar-refractivity contribution < 1.29 is 4.79 Å². The fraction of sp³-hybridized carbons (Fsp3) is 0.348. The second kappa shape index (κ2) is 8.44. The van der Waals surface area contributed by atoms with Crippen LogP contribution in [0.5, 0.6) is 0 Å². The smallest absolute Gasteiger partial charge is 0.262 e. The molecule has 4 rings (SSSR count). The predicted octanol–water partition coefficient (Wildman–Crippen LogP) is 3.95. The Morgan fingerprint density at radius 3 is 2.63 bits per heavy atom. The van der Waals surface area contributed by atoms with Crippen LogP contribution in [0.3, 0.4) is 0 Å². The maximum atomic E-state index is 13.1. The first-order chi connectivity index (χ1) is 14.5. The van der Waals surface area contributed by atoms with Crippen LogP contribution in [0.1, 0.15) is 35.7 Å². The van der Waals surface area contributed by atoms with E-state index >= 15 is 0 Å². The molecular formula is C23H26N4O2S. The molecule has 0 spiro atoms. The van der Waals surface area contributed by atoms with Gasteiger partial charge in [-0.05, 0) is 61.8 Å². The molecule has 0 radical (unpaired) electrons. The second-order valence-corrected chi connectivity index (χ2v) is 8.11. The number of para-hydroxylation sites is 1. The quantitative estimate of drug-likeness (QED) is 0.633. The van der Waals surface area contributed by atoms with Gasteiger partial charge in [0, 0.05) is 44.5 Å². The number of carbonyl (C=O) groups is 1. The van der Waals surface area contributed by atoms with Crippen molar-refractivity contribution in [3.05, 3.63) is 68.7 Å². The molecule has 2 aromatic carbocycles. The summed E-state index contributed by atoms with van der Waals surface area (Å²) in [7, 11) is 1.81. The van der Waals surface area contributed by atoms with Crippen LogP contribution < -0.4 is 10.5 Å². The Kier molecular flexibility index (Phi) is 5.72. The molecule has 1 fully saturated rings. The van der Waals surface area contributed by atoms with E-state index in [4.69, 9.17) is 12.2 Å². The molecule has 1 aromatic heterocycles. The molecule has 1 amide bonds. The van der Waals surface area contributed by atoms with E-state index in [0.717, 1.165) is 18.7 Å². The molecular weight excluding hydrogens is 396 g/mol. The molecule has 1 saturated heterocycles. The molecule has 0 aliphatic carbocycles. The zero-order valence-corrected chi connectivity index (χ0v) is 18.2. The monoisotopic (exact) mass is 422 g/mol. The highest BCUT2D eigenvalue weighted by Crippen LogP contribution is 2.26. The molecule has 1 aliphatic heterocycles. The number of benzene rings is 2. The summed E-state index contributed by atoms with van der Waals surface area (Å²) in [6, 6.07) is 13.4. The van der Waals surface area contributed by atoms with Crippen molar-refractivity contribution in [3.8, 4) is 0 Å². The van der Waals surface area contributed by atoms with Crippen LogP contribution in [-0.4, -0.2) is 40.5 Å². The third-order valence-electron chi connectivity index (χ3n) is 5.74. The van der Waals surface area contributed by atoms with Gasteiger partial charge in [-0.1, -0.05) is 18.2 Å². The maximum Gasteiger partial charge on any atom is 0.262 e. The zero-order chi connectivity index (χ0) is 21.3. The van der Waals surface area contributed by atoms with Crippen molar-refractivity contribution in [1.29, 1.82) is 0 Å². The number of hydrogen-bond donors (Lipinski definition) is 1. The van der Waals surface area contributed by atoms with E-state index < -0.39 is 0 Å². The summed E-state index contributed by atoms with van der Waals surface area (Å²) in [6.07, 6.45) is 2.42. The van der Waals surface area contributed by atoms with Gasteiger partial charge < -0.3 is 14.8 Å². The predicted molar refractivity (Wildman–Crippen MR) is 123 cm³/mol. The van der Waals surface area contributed by atoms with Crippen molar-refractivity contribution in [3.63, 3.8) is 0 Å². The number of nitrogens with one attached hydrogen (secondary N) is 1. The summed E-state index contributed by atoms with van der Waals surface area (Å²) >= 11 is 5.29. The van der Waals surface area contributed by atoms with Crippen LogP contribution in [0.15, 0.2) is 47.3 Å². The number of carbonyl (C=O) groups excluding carboxylic acids is 1. The fourth-order valence-electron chi connectivity index (χ4n) is 4.13. The summed E-state index contributed by atoms with van der Waals surface area (Å²) in [5.41, 5.74) is 3.33. The molecule has 0 unspecified atom stereocenters. The standard InChI is InChI=1S/C23H26N4O2S/c1-3-27-22(29)18-11-10-16(14-19(18)24-23(27)30)21(28)25(2)15-17-8-4-5-9-20(17)26-12-6-7-13-26/h4-5,8-11,14H,3,6-7,12-13,15H2,1-2H3,(H,24,30). The minimum absolute atomic E-state index is 0.0906. The Labute approximate surface area is 180 Å². The number of hydrogen-bond acceptors (Lipinski definition) is 4. The highest BCUT2D eigenvalue weighted by Gasteiger charge is 2.19. The molecule has 156 valence electrons. The van der Waals surface area contributed by atoms with Crippen molar-refractivity contribution in [2.75, 3.05) is 25.0 Å². The van der Waals surface area contributed by atoms with Crippen molar-refractivity contribution >= 4 is 34.7 Å². The van der Waals surface area contributed by atoms with Crippen molar-refractivity contribution in [1.82, 2.24) is 14.5 Å². The Balaban J connectivity index is 1.61. The SMILES string of the molecule is CCn1c(=S)[nH]c2cc(C(=O)N(C)Cc3ccccc3N3CCCC3)ccc2c1=O. The first-order valence-electron chi connectivity index (χ1n) is 10.3. The van der Waals surface area contributed by atoms with E-state index in [1.807, 2.05) is 26.1 Å². The van der Waals surface area contributed by atoms with Crippen LogP contribution in [0.4, 0.5) is 5.69 Å². The van der Waals surface area contributed by atoms with Crippen molar-refractivity contribution in [2.45, 2.75) is 32.9 Å². The average Bonchev–Trinajstić information content (AvgIpc) is 3.28. The highest BCUT2D eigenvalue weighted by atomic mass is 32.1. The Morgan fingerprint density at radius 1 is 1.17 bits per heavy atom. The van der Waals surface area contributed by atoms with Crippen LogP contribution in [-0.2, 0) is 13.1 Å². The van der Waals surface area contributed by atoms with E-state index in [0.29, 0.717) is 34.3 Å². The van der Waals surface area contributed by atoms with Gasteiger partial charge in [-0.3, -0.25) is 14.2 Å². The van der Waals surface area contributed by atoms with E-state index in [1.165, 1.54) is 23.1 Å². The van der Waals surface area contributed by atoms with E-state index in [1.54, 1.807) is 23.1 Å². The lowest BCUT2D eigenvalue weighted by Crippen LogP contribution is -2.28. The molecule has 2 heterocycles. The number of rotatable bonds is 5. The average molecular weight is 423 g/mol. The number of amides is 1. The summed E-state index contributed by atoms with van der Waals surface area (Å²) in [4.78, 5) is 32.9. The van der Waals surface area contributed by atoms with Gasteiger partial charge in [-0.2, -0.15) is 0 Å². The molecule has 3 aromatic rings. The number of H-pyrrole nitrogens is 1. The number of fused-ring (bicyclic) bond motifs is 1. The maximum absolute atomic E-state index is 13.1. The Bertz CT molecular complexity index is 1210. The van der Waals surface area contributed by atoms with Gasteiger partial charge in [-0.25, -0.2) is 0 Å². The van der Waals surface area contributed by atoms with Crippen LogP contribution >= 0.6 is 12.2 Å². The third kappa shape index (κ3) is 3.77. The molecule has 0 saturated carbocycles. The van der Waals surface area contributed by atoms with Crippen molar-refractivity contribution in [2.24, 2.45) is 0 Å². The third-order valence-corrected chi connectivity index (χ3v) is 6.06. The fourth-order valence-corrected chi connectivity index (χ4v) is 4.46. The molecule has 30 heavy (non-hydrogen) atoms. The van der Waals surface area contributed by atoms with Crippen LogP contribution in [0.2, 0.25) is 0 Å². The summed E-state index contributed by atoms with van der Waals surface area (Å²) in [5, 5.41) is 0.532. The molecule has 6 nitrogen and oxygen atoms in total. The number of nitrogens with zero attached hydrogens (tertiary/aromatic N) is 3. The largest absolute Gasteiger partial charge is 0.371 e. The zero-order valence-electron chi connectivity index (χ0n) is 17.4. The first kappa shape index (κ1) is 20.3. The second-order valence-electron chi connectivity index (χ2n) is 7.72. The first-order valence-corrected chi connectivity index (χ1v) is 10.8. The van der Waals surface area contributed by atoms with Gasteiger partial charge in [0.15, 0.2) is 4.77 Å². The minimum atomic E-state index is -0.136. The summed E-state index contributed by atoms with van der Waals surface area (Å²) in [5.74, 6) is -0.0906. The summed E-state index contributed by atoms with van der Waals surface area (Å²) in [6.45, 7) is 5.03. The van der Waals surface area contributed by atoms with Crippen LogP contribution in [0, 0.1) is 4.77 Å². The van der Waals surface area contributed by atoms with E-state index in [-0.39, 0.29) is 11.5 Å². The van der Waals surface area contributed by atoms with Gasteiger partial charge in [0.05, 0.1) is 10.9 Å². The molecule has 0 atom stereocenters. The summed E-state index contributed by atoms with van der Waals surface area (Å²) < 4.78 is 1.88. The highest BCUT2D eigenvalue weighted by molar-refractivity contribution is 7.71. The Morgan fingerprint density at radius 2 is 1.90 bits per heavy atom. The normalized spacial score (nSPS) is 13.7. The topological polar surface area (TPSA) is 61.3 Å².